The van der Waals surface area contributed by atoms with Crippen LogP contribution in [0.5, 0.6) is 5.75 Å². The summed E-state index contributed by atoms with van der Waals surface area (Å²) in [5, 5.41) is 8.97. The number of hydrogen-bond donors (Lipinski definition) is 3. The summed E-state index contributed by atoms with van der Waals surface area (Å²) in [7, 11) is 0. The molecule has 0 aromatic heterocycles. The van der Waals surface area contributed by atoms with Crippen molar-refractivity contribution < 1.29 is 9.50 Å². The molecular weight excluding hydrogens is 159 g/mol. The Bertz CT molecular complexity index is 278. The van der Waals surface area contributed by atoms with Crippen molar-refractivity contribution in [1.29, 1.82) is 0 Å². The van der Waals surface area contributed by atoms with Gasteiger partial charge < -0.3 is 16.6 Å². The smallest absolute Gasteiger partial charge is 0.164 e. The molecule has 1 aromatic rings. The van der Waals surface area contributed by atoms with Gasteiger partial charge in [-0.1, -0.05) is 6.07 Å². The summed E-state index contributed by atoms with van der Waals surface area (Å²) in [6.07, 6.45) is 0. The predicted molar refractivity (Wildman–Crippen MR) is 44.0 cm³/mol. The number of rotatable bonds is 2. The molecule has 12 heavy (non-hydrogen) atoms. The number of phenols is 1. The molecule has 0 spiro atoms. The third-order valence-electron chi connectivity index (χ3n) is 1.65. The average molecular weight is 170 g/mol. The van der Waals surface area contributed by atoms with Crippen LogP contribution in [0.25, 0.3) is 0 Å². The maximum absolute atomic E-state index is 12.5. The molecule has 66 valence electrons. The number of halogens is 1. The Kier molecular flexibility index (Phi) is 2.62. The Hall–Kier alpha value is -1.13. The van der Waals surface area contributed by atoms with Gasteiger partial charge in [-0.15, -0.1) is 0 Å². The summed E-state index contributed by atoms with van der Waals surface area (Å²) < 4.78 is 12.5. The van der Waals surface area contributed by atoms with Gasteiger partial charge in [-0.25, -0.2) is 4.39 Å². The maximum Gasteiger partial charge on any atom is 0.164 e. The van der Waals surface area contributed by atoms with Crippen LogP contribution in [0.15, 0.2) is 18.2 Å². The first-order valence-corrected chi connectivity index (χ1v) is 3.59. The molecule has 1 rings (SSSR count). The van der Waals surface area contributed by atoms with Gasteiger partial charge >= 0.3 is 0 Å². The van der Waals surface area contributed by atoms with Crippen LogP contribution in [0.3, 0.4) is 0 Å². The van der Waals surface area contributed by atoms with Crippen molar-refractivity contribution >= 4 is 0 Å². The van der Waals surface area contributed by atoms with E-state index in [2.05, 4.69) is 0 Å². The van der Waals surface area contributed by atoms with Gasteiger partial charge in [0.2, 0.25) is 0 Å². The van der Waals surface area contributed by atoms with Crippen molar-refractivity contribution in [3.63, 3.8) is 0 Å². The molecule has 1 atom stereocenters. The first-order chi connectivity index (χ1) is 5.65. The molecule has 0 unspecified atom stereocenters. The molecule has 0 radical (unpaired) electrons. The average Bonchev–Trinajstić information content (AvgIpc) is 2.08. The minimum Gasteiger partial charge on any atom is -0.505 e. The van der Waals surface area contributed by atoms with Crippen molar-refractivity contribution in [3.8, 4) is 5.75 Å². The maximum atomic E-state index is 12.5. The molecule has 4 heteroatoms. The van der Waals surface area contributed by atoms with Crippen LogP contribution in [0.1, 0.15) is 11.6 Å². The molecule has 1 aromatic carbocycles. The minimum absolute atomic E-state index is 0.269. The lowest BCUT2D eigenvalue weighted by molar-refractivity contribution is 0.431. The largest absolute Gasteiger partial charge is 0.505 e. The van der Waals surface area contributed by atoms with Crippen LogP contribution in [-0.4, -0.2) is 11.7 Å². The number of phenolic OH excluding ortho intramolecular Hbond substituents is 1. The number of benzene rings is 1. The Labute approximate surface area is 69.8 Å². The van der Waals surface area contributed by atoms with Crippen LogP contribution >= 0.6 is 0 Å². The van der Waals surface area contributed by atoms with Gasteiger partial charge in [-0.3, -0.25) is 0 Å². The van der Waals surface area contributed by atoms with E-state index in [-0.39, 0.29) is 12.6 Å². The van der Waals surface area contributed by atoms with E-state index < -0.39 is 11.6 Å². The Morgan fingerprint density at radius 1 is 1.50 bits per heavy atom. The topological polar surface area (TPSA) is 72.3 Å². The van der Waals surface area contributed by atoms with E-state index >= 15 is 0 Å². The lowest BCUT2D eigenvalue weighted by Gasteiger charge is -2.08. The third-order valence-corrected chi connectivity index (χ3v) is 1.65. The molecule has 0 saturated heterocycles. The van der Waals surface area contributed by atoms with Gasteiger partial charge in [-0.2, -0.15) is 0 Å². The first kappa shape index (κ1) is 8.96. The van der Waals surface area contributed by atoms with Crippen LogP contribution < -0.4 is 11.5 Å². The zero-order valence-corrected chi connectivity index (χ0v) is 6.50. The molecule has 5 N–H and O–H groups in total. The second-order valence-electron chi connectivity index (χ2n) is 2.55. The lowest BCUT2D eigenvalue weighted by atomic mass is 10.1. The highest BCUT2D eigenvalue weighted by atomic mass is 19.1. The summed E-state index contributed by atoms with van der Waals surface area (Å²) in [6, 6.07) is 3.61. The van der Waals surface area contributed by atoms with E-state index in [1.807, 2.05) is 0 Å². The van der Waals surface area contributed by atoms with Gasteiger partial charge in [0.25, 0.3) is 0 Å². The van der Waals surface area contributed by atoms with Crippen molar-refractivity contribution in [1.82, 2.24) is 0 Å². The summed E-state index contributed by atoms with van der Waals surface area (Å²) >= 11 is 0. The van der Waals surface area contributed by atoms with E-state index in [9.17, 15) is 4.39 Å². The Morgan fingerprint density at radius 2 is 2.17 bits per heavy atom. The standard InChI is InChI=1S/C8H11FN2O/c9-6-2-1-5(3-8(6)12)7(11)4-10/h1-3,7,12H,4,10-11H2/t7-/m1/s1. The molecular formula is C8H11FN2O. The van der Waals surface area contributed by atoms with E-state index in [4.69, 9.17) is 16.6 Å². The highest BCUT2D eigenvalue weighted by Gasteiger charge is 2.06. The normalized spacial score (nSPS) is 12.9. The van der Waals surface area contributed by atoms with E-state index in [1.54, 1.807) is 0 Å². The second kappa shape index (κ2) is 3.51. The first-order valence-electron chi connectivity index (χ1n) is 3.59. The minimum atomic E-state index is -0.650. The molecule has 0 saturated carbocycles. The van der Waals surface area contributed by atoms with Crippen molar-refractivity contribution in [3.05, 3.63) is 29.6 Å². The molecule has 0 amide bonds. The summed E-state index contributed by atoms with van der Waals surface area (Å²) in [5.41, 5.74) is 11.5. The summed E-state index contributed by atoms with van der Waals surface area (Å²) in [6.45, 7) is 0.269. The third kappa shape index (κ3) is 1.72. The van der Waals surface area contributed by atoms with Crippen LogP contribution in [0.4, 0.5) is 4.39 Å². The van der Waals surface area contributed by atoms with E-state index in [1.165, 1.54) is 18.2 Å². The van der Waals surface area contributed by atoms with Crippen molar-refractivity contribution in [2.24, 2.45) is 11.5 Å². The Balaban J connectivity index is 2.96. The molecule has 0 aliphatic rings. The molecule has 3 nitrogen and oxygen atoms in total. The monoisotopic (exact) mass is 170 g/mol. The molecule has 0 heterocycles. The van der Waals surface area contributed by atoms with Gasteiger partial charge in [0.1, 0.15) is 0 Å². The molecule has 0 bridgehead atoms. The van der Waals surface area contributed by atoms with E-state index in [0.29, 0.717) is 5.56 Å². The summed E-state index contributed by atoms with van der Waals surface area (Å²) in [5.74, 6) is -1.04. The number of nitrogens with two attached hydrogens (primary N) is 2. The Morgan fingerprint density at radius 3 is 2.67 bits per heavy atom. The van der Waals surface area contributed by atoms with Crippen LogP contribution in [-0.2, 0) is 0 Å². The fourth-order valence-corrected chi connectivity index (χ4v) is 0.896. The number of hydrogen-bond acceptors (Lipinski definition) is 3. The molecule has 0 aliphatic heterocycles. The van der Waals surface area contributed by atoms with Crippen LogP contribution in [0.2, 0.25) is 0 Å². The fourth-order valence-electron chi connectivity index (χ4n) is 0.896. The van der Waals surface area contributed by atoms with Gasteiger partial charge in [0.05, 0.1) is 0 Å². The number of aromatic hydroxyl groups is 1. The highest BCUT2D eigenvalue weighted by molar-refractivity contribution is 5.30. The predicted octanol–water partition coefficient (Wildman–Crippen LogP) is 0.490. The SMILES string of the molecule is NC[C@@H](N)c1ccc(F)c(O)c1. The zero-order valence-electron chi connectivity index (χ0n) is 6.50. The zero-order chi connectivity index (χ0) is 9.14. The van der Waals surface area contributed by atoms with Gasteiger partial charge in [-0.05, 0) is 17.7 Å². The molecule has 0 aliphatic carbocycles. The van der Waals surface area contributed by atoms with Gasteiger partial charge in [0.15, 0.2) is 11.6 Å². The van der Waals surface area contributed by atoms with Crippen molar-refractivity contribution in [2.75, 3.05) is 6.54 Å². The quantitative estimate of drug-likeness (QED) is 0.604. The van der Waals surface area contributed by atoms with E-state index in [0.717, 1.165) is 0 Å². The highest BCUT2D eigenvalue weighted by Crippen LogP contribution is 2.19. The van der Waals surface area contributed by atoms with Crippen LogP contribution in [0, 0.1) is 5.82 Å². The van der Waals surface area contributed by atoms with Gasteiger partial charge in [0, 0.05) is 12.6 Å². The van der Waals surface area contributed by atoms with Crippen molar-refractivity contribution in [2.45, 2.75) is 6.04 Å². The fraction of sp³-hybridized carbons (Fsp3) is 0.250. The molecule has 0 fully saturated rings. The lowest BCUT2D eigenvalue weighted by Crippen LogP contribution is -2.20. The second-order valence-corrected chi connectivity index (χ2v) is 2.55. The summed E-state index contributed by atoms with van der Waals surface area (Å²) in [4.78, 5) is 0.